The van der Waals surface area contributed by atoms with Gasteiger partial charge in [0, 0.05) is 17.7 Å². The number of nitrogens with zero attached hydrogens (tertiary/aromatic N) is 3. The third-order valence-electron chi connectivity index (χ3n) is 3.91. The summed E-state index contributed by atoms with van der Waals surface area (Å²) in [5.74, 6) is 0.880. The second-order valence-corrected chi connectivity index (χ2v) is 5.22. The molecule has 1 aromatic carbocycles. The van der Waals surface area contributed by atoms with E-state index >= 15 is 0 Å². The largest absolute Gasteiger partial charge is 0.399 e. The van der Waals surface area contributed by atoms with Crippen LogP contribution in [0.25, 0.3) is 0 Å². The second-order valence-electron chi connectivity index (χ2n) is 5.22. The number of hydrogen-bond donors (Lipinski definition) is 1. The molecule has 0 aliphatic heterocycles. The summed E-state index contributed by atoms with van der Waals surface area (Å²) in [7, 11) is 1.55. The third kappa shape index (κ3) is 2.86. The summed E-state index contributed by atoms with van der Waals surface area (Å²) in [6, 6.07) is 10.5. The molecule has 1 aliphatic carbocycles. The first kappa shape index (κ1) is 13.5. The lowest BCUT2D eigenvalue weighted by Gasteiger charge is -2.28. The van der Waals surface area contributed by atoms with E-state index in [1.807, 2.05) is 18.5 Å². The molecule has 21 heavy (non-hydrogen) atoms. The summed E-state index contributed by atoms with van der Waals surface area (Å²) < 4.78 is 0. The summed E-state index contributed by atoms with van der Waals surface area (Å²) in [4.78, 5) is 13.4. The number of benzene rings is 1. The summed E-state index contributed by atoms with van der Waals surface area (Å²) in [6.07, 6.45) is 5.49. The Hall–Kier alpha value is -2.43. The second kappa shape index (κ2) is 5.91. The zero-order valence-corrected chi connectivity index (χ0v) is 11.9. The Bertz CT molecular complexity index is 642. The van der Waals surface area contributed by atoms with Crippen molar-refractivity contribution in [3.63, 3.8) is 0 Å². The van der Waals surface area contributed by atoms with Crippen molar-refractivity contribution in [1.29, 1.82) is 0 Å². The fraction of sp³-hybridized carbons (Fsp3) is 0.312. The van der Waals surface area contributed by atoms with E-state index in [0.717, 1.165) is 24.1 Å². The molecule has 0 bridgehead atoms. The van der Waals surface area contributed by atoms with Gasteiger partial charge in [0.05, 0.1) is 11.9 Å². The van der Waals surface area contributed by atoms with E-state index in [2.05, 4.69) is 39.4 Å². The van der Waals surface area contributed by atoms with Gasteiger partial charge in [0.15, 0.2) is 0 Å². The van der Waals surface area contributed by atoms with E-state index in [-0.39, 0.29) is 5.92 Å². The molecule has 1 heterocycles. The maximum atomic E-state index is 5.73. The molecule has 3 rings (SSSR count). The fourth-order valence-corrected chi connectivity index (χ4v) is 2.92. The van der Waals surface area contributed by atoms with E-state index in [1.54, 1.807) is 7.11 Å². The van der Waals surface area contributed by atoms with Crippen molar-refractivity contribution in [3.8, 4) is 0 Å². The van der Waals surface area contributed by atoms with Crippen molar-refractivity contribution >= 4 is 12.2 Å². The van der Waals surface area contributed by atoms with E-state index in [0.29, 0.717) is 11.9 Å². The number of aromatic nitrogens is 2. The van der Waals surface area contributed by atoms with Gasteiger partial charge < -0.3 is 10.6 Å². The molecular weight excluding hydrogens is 264 g/mol. The Kier molecular flexibility index (Phi) is 3.81. The number of oxime groups is 1. The Morgan fingerprint density at radius 2 is 2.14 bits per heavy atom. The molecule has 0 spiro atoms. The topological polar surface area (TPSA) is 73.4 Å². The van der Waals surface area contributed by atoms with Crippen molar-refractivity contribution in [3.05, 3.63) is 53.3 Å². The highest BCUT2D eigenvalue weighted by molar-refractivity contribution is 5.68. The minimum absolute atomic E-state index is 0.152. The van der Waals surface area contributed by atoms with Gasteiger partial charge in [-0.25, -0.2) is 9.97 Å². The van der Waals surface area contributed by atoms with Crippen LogP contribution in [0.1, 0.15) is 35.1 Å². The van der Waals surface area contributed by atoms with E-state index in [1.165, 1.54) is 5.56 Å². The molecule has 5 heteroatoms. The predicted molar refractivity (Wildman–Crippen MR) is 82.2 cm³/mol. The maximum Gasteiger partial charge on any atom is 0.220 e. The highest BCUT2D eigenvalue weighted by Gasteiger charge is 2.28. The van der Waals surface area contributed by atoms with Crippen LogP contribution in [-0.4, -0.2) is 23.3 Å². The van der Waals surface area contributed by atoms with E-state index in [9.17, 15) is 0 Å². The lowest BCUT2D eigenvalue weighted by Crippen LogP contribution is -2.21. The molecule has 0 saturated carbocycles. The third-order valence-corrected chi connectivity index (χ3v) is 3.91. The van der Waals surface area contributed by atoms with Crippen LogP contribution in [0, 0.1) is 0 Å². The van der Waals surface area contributed by atoms with Crippen LogP contribution in [0.5, 0.6) is 0 Å². The number of nitrogens with two attached hydrogens (primary N) is 1. The van der Waals surface area contributed by atoms with Gasteiger partial charge in [0.2, 0.25) is 5.95 Å². The van der Waals surface area contributed by atoms with Crippen molar-refractivity contribution in [2.24, 2.45) is 5.16 Å². The number of fused-ring (bicyclic) bond motifs is 1. The quantitative estimate of drug-likeness (QED) is 0.693. The van der Waals surface area contributed by atoms with Gasteiger partial charge in [-0.05, 0) is 24.3 Å². The first-order valence-corrected chi connectivity index (χ1v) is 7.01. The molecule has 108 valence electrons. The number of hydrogen-bond acceptors (Lipinski definition) is 5. The zero-order valence-electron chi connectivity index (χ0n) is 11.9. The molecule has 0 saturated heterocycles. The van der Waals surface area contributed by atoms with Crippen LogP contribution in [0.2, 0.25) is 0 Å². The van der Waals surface area contributed by atoms with Crippen molar-refractivity contribution in [2.75, 3.05) is 12.8 Å². The summed E-state index contributed by atoms with van der Waals surface area (Å²) >= 11 is 0. The van der Waals surface area contributed by atoms with E-state index < -0.39 is 0 Å². The Morgan fingerprint density at radius 1 is 1.33 bits per heavy atom. The van der Waals surface area contributed by atoms with Crippen molar-refractivity contribution in [1.82, 2.24) is 9.97 Å². The number of anilines is 1. The lowest BCUT2D eigenvalue weighted by molar-refractivity contribution is 0.213. The van der Waals surface area contributed by atoms with Gasteiger partial charge in [-0.15, -0.1) is 0 Å². The van der Waals surface area contributed by atoms with Crippen molar-refractivity contribution < 1.29 is 4.84 Å². The maximum absolute atomic E-state index is 5.73. The molecule has 2 atom stereocenters. The number of nitrogen functional groups attached to an aromatic ring is 1. The smallest absolute Gasteiger partial charge is 0.220 e. The first-order valence-electron chi connectivity index (χ1n) is 7.01. The average molecular weight is 282 g/mol. The first-order chi connectivity index (χ1) is 10.3. The Morgan fingerprint density at radius 3 is 2.90 bits per heavy atom. The van der Waals surface area contributed by atoms with Crippen molar-refractivity contribution in [2.45, 2.75) is 24.7 Å². The summed E-state index contributed by atoms with van der Waals surface area (Å²) in [6.45, 7) is 0. The normalized spacial score (nSPS) is 21.2. The van der Waals surface area contributed by atoms with Gasteiger partial charge in [-0.2, -0.15) is 0 Å². The minimum atomic E-state index is 0.152. The molecule has 0 amide bonds. The SMILES string of the molecule is CON=CC1CC(c2ccccc2)Cc2nc(N)ncc21. The van der Waals surface area contributed by atoms with Crippen LogP contribution in [0.3, 0.4) is 0 Å². The zero-order chi connectivity index (χ0) is 14.7. The van der Waals surface area contributed by atoms with Crippen LogP contribution in [-0.2, 0) is 11.3 Å². The van der Waals surface area contributed by atoms with Gasteiger partial charge in [-0.1, -0.05) is 35.5 Å². The van der Waals surface area contributed by atoms with Gasteiger partial charge in [-0.3, -0.25) is 0 Å². The molecule has 1 aliphatic rings. The molecule has 2 N–H and O–H groups in total. The highest BCUT2D eigenvalue weighted by atomic mass is 16.6. The molecule has 0 fully saturated rings. The Balaban J connectivity index is 1.97. The van der Waals surface area contributed by atoms with Crippen LogP contribution >= 0.6 is 0 Å². The standard InChI is InChI=1S/C16H18N4O/c1-21-19-9-13-7-12(11-5-3-2-4-6-11)8-15-14(13)10-18-16(17)20-15/h2-6,9-10,12-13H,7-8H2,1H3,(H2,17,18,20). The van der Waals surface area contributed by atoms with Crippen LogP contribution in [0.4, 0.5) is 5.95 Å². The predicted octanol–water partition coefficient (Wildman–Crippen LogP) is 2.50. The minimum Gasteiger partial charge on any atom is -0.399 e. The molecule has 2 aromatic rings. The molecule has 5 nitrogen and oxygen atoms in total. The average Bonchev–Trinajstić information content (AvgIpc) is 2.52. The van der Waals surface area contributed by atoms with Crippen LogP contribution in [0.15, 0.2) is 41.7 Å². The van der Waals surface area contributed by atoms with Gasteiger partial charge in [0.25, 0.3) is 0 Å². The van der Waals surface area contributed by atoms with Gasteiger partial charge >= 0.3 is 0 Å². The summed E-state index contributed by atoms with van der Waals surface area (Å²) in [5.41, 5.74) is 9.15. The van der Waals surface area contributed by atoms with E-state index in [4.69, 9.17) is 10.6 Å². The molecule has 1 aromatic heterocycles. The van der Waals surface area contributed by atoms with Crippen LogP contribution < -0.4 is 5.73 Å². The Labute approximate surface area is 123 Å². The molecular formula is C16H18N4O. The number of rotatable bonds is 3. The lowest BCUT2D eigenvalue weighted by atomic mass is 9.77. The molecule has 0 radical (unpaired) electrons. The molecule has 2 unspecified atom stereocenters. The monoisotopic (exact) mass is 282 g/mol. The summed E-state index contributed by atoms with van der Waals surface area (Å²) in [5, 5.41) is 3.93. The van der Waals surface area contributed by atoms with Gasteiger partial charge in [0.1, 0.15) is 7.11 Å². The fourth-order valence-electron chi connectivity index (χ4n) is 2.92. The highest BCUT2D eigenvalue weighted by Crippen LogP contribution is 2.38.